The third kappa shape index (κ3) is 3.30. The van der Waals surface area contributed by atoms with Gasteiger partial charge in [-0.3, -0.25) is 4.79 Å². The van der Waals surface area contributed by atoms with Gasteiger partial charge in [-0.2, -0.15) is 0 Å². The molecule has 1 aliphatic heterocycles. The molecule has 8 heteroatoms. The van der Waals surface area contributed by atoms with Crippen LogP contribution in [0.2, 0.25) is 0 Å². The Hall–Kier alpha value is -3.16. The lowest BCUT2D eigenvalue weighted by Crippen LogP contribution is -2.51. The van der Waals surface area contributed by atoms with Gasteiger partial charge in [0.1, 0.15) is 23.8 Å². The van der Waals surface area contributed by atoms with Crippen LogP contribution in [0.1, 0.15) is 46.7 Å². The van der Waals surface area contributed by atoms with E-state index in [-0.39, 0.29) is 11.9 Å². The van der Waals surface area contributed by atoms with Crippen molar-refractivity contribution in [2.45, 2.75) is 31.4 Å². The molecule has 1 aliphatic carbocycles. The molecule has 2 aliphatic rings. The monoisotopic (exact) mass is 365 g/mol. The number of carbonyl (C=O) groups is 1. The predicted molar refractivity (Wildman–Crippen MR) is 94.2 cm³/mol. The zero-order valence-corrected chi connectivity index (χ0v) is 14.7. The number of nitrogens with zero attached hydrogens (tertiary/aromatic N) is 5. The van der Waals surface area contributed by atoms with Crippen LogP contribution in [-0.2, 0) is 6.61 Å². The van der Waals surface area contributed by atoms with Crippen LogP contribution in [-0.4, -0.2) is 44.0 Å². The number of ether oxygens (including phenoxy) is 1. The van der Waals surface area contributed by atoms with E-state index in [4.69, 9.17) is 9.26 Å². The second-order valence-corrected chi connectivity index (χ2v) is 7.04. The normalized spacial score (nSPS) is 17.0. The SMILES string of the molecule is O=C(c1cc(C2CC2)on1)N1CC(n2cc(COc3ccccc3)nn2)C1. The van der Waals surface area contributed by atoms with E-state index < -0.39 is 0 Å². The summed E-state index contributed by atoms with van der Waals surface area (Å²) in [5, 5.41) is 12.2. The lowest BCUT2D eigenvalue weighted by atomic mass is 10.1. The lowest BCUT2D eigenvalue weighted by Gasteiger charge is -2.38. The van der Waals surface area contributed by atoms with Crippen molar-refractivity contribution in [2.75, 3.05) is 13.1 Å². The van der Waals surface area contributed by atoms with E-state index in [2.05, 4.69) is 15.5 Å². The first-order chi connectivity index (χ1) is 13.3. The van der Waals surface area contributed by atoms with E-state index in [1.807, 2.05) is 36.5 Å². The second-order valence-electron chi connectivity index (χ2n) is 7.04. The molecule has 8 nitrogen and oxygen atoms in total. The number of para-hydroxylation sites is 1. The molecule has 1 saturated heterocycles. The van der Waals surface area contributed by atoms with Crippen LogP contribution in [0, 0.1) is 0 Å². The van der Waals surface area contributed by atoms with Crippen molar-refractivity contribution >= 4 is 5.91 Å². The second kappa shape index (κ2) is 6.53. The Kier molecular flexibility index (Phi) is 3.88. The van der Waals surface area contributed by atoms with E-state index in [9.17, 15) is 4.79 Å². The smallest absolute Gasteiger partial charge is 0.276 e. The zero-order chi connectivity index (χ0) is 18.2. The van der Waals surface area contributed by atoms with E-state index in [0.717, 1.165) is 30.0 Å². The number of likely N-dealkylation sites (tertiary alicyclic amines) is 1. The summed E-state index contributed by atoms with van der Waals surface area (Å²) < 4.78 is 12.7. The number of benzene rings is 1. The number of aromatic nitrogens is 4. The Bertz CT molecular complexity index is 941. The first-order valence-corrected chi connectivity index (χ1v) is 9.11. The maximum atomic E-state index is 12.5. The zero-order valence-electron chi connectivity index (χ0n) is 14.7. The summed E-state index contributed by atoms with van der Waals surface area (Å²) in [6, 6.07) is 11.5. The maximum Gasteiger partial charge on any atom is 0.276 e. The molecule has 3 heterocycles. The summed E-state index contributed by atoms with van der Waals surface area (Å²) >= 11 is 0. The minimum absolute atomic E-state index is 0.0883. The molecule has 0 unspecified atom stereocenters. The van der Waals surface area contributed by atoms with E-state index in [0.29, 0.717) is 31.3 Å². The molecule has 3 aromatic rings. The minimum Gasteiger partial charge on any atom is -0.487 e. The van der Waals surface area contributed by atoms with Gasteiger partial charge in [0.05, 0.1) is 12.2 Å². The van der Waals surface area contributed by atoms with Gasteiger partial charge in [0, 0.05) is 25.1 Å². The van der Waals surface area contributed by atoms with Gasteiger partial charge >= 0.3 is 0 Å². The summed E-state index contributed by atoms with van der Waals surface area (Å²) in [5.41, 5.74) is 1.15. The van der Waals surface area contributed by atoms with Crippen LogP contribution >= 0.6 is 0 Å². The fourth-order valence-corrected chi connectivity index (χ4v) is 3.13. The van der Waals surface area contributed by atoms with Crippen molar-refractivity contribution in [3.63, 3.8) is 0 Å². The number of hydrogen-bond acceptors (Lipinski definition) is 6. The van der Waals surface area contributed by atoms with Gasteiger partial charge < -0.3 is 14.2 Å². The van der Waals surface area contributed by atoms with Crippen LogP contribution in [0.3, 0.4) is 0 Å². The fourth-order valence-electron chi connectivity index (χ4n) is 3.13. The molecule has 2 fully saturated rings. The Labute approximate surface area is 155 Å². The van der Waals surface area contributed by atoms with Gasteiger partial charge in [-0.25, -0.2) is 4.68 Å². The van der Waals surface area contributed by atoms with Crippen molar-refractivity contribution in [1.29, 1.82) is 0 Å². The summed E-state index contributed by atoms with van der Waals surface area (Å²) in [6.45, 7) is 1.54. The summed E-state index contributed by atoms with van der Waals surface area (Å²) in [5.74, 6) is 1.99. The van der Waals surface area contributed by atoms with E-state index in [1.54, 1.807) is 15.6 Å². The quantitative estimate of drug-likeness (QED) is 0.667. The average molecular weight is 365 g/mol. The average Bonchev–Trinajstić information content (AvgIpc) is 3.20. The van der Waals surface area contributed by atoms with Crippen LogP contribution in [0.25, 0.3) is 0 Å². The molecule has 1 aromatic carbocycles. The third-order valence-corrected chi connectivity index (χ3v) is 4.94. The Morgan fingerprint density at radius 1 is 1.22 bits per heavy atom. The molecule has 0 radical (unpaired) electrons. The Morgan fingerprint density at radius 2 is 2.04 bits per heavy atom. The largest absolute Gasteiger partial charge is 0.487 e. The highest BCUT2D eigenvalue weighted by Crippen LogP contribution is 2.40. The third-order valence-electron chi connectivity index (χ3n) is 4.94. The first kappa shape index (κ1) is 16.0. The van der Waals surface area contributed by atoms with Gasteiger partial charge in [0.25, 0.3) is 5.91 Å². The summed E-state index contributed by atoms with van der Waals surface area (Å²) in [4.78, 5) is 14.2. The topological polar surface area (TPSA) is 86.3 Å². The molecule has 5 rings (SSSR count). The fraction of sp³-hybridized carbons (Fsp3) is 0.368. The number of carbonyl (C=O) groups excluding carboxylic acids is 1. The summed E-state index contributed by atoms with van der Waals surface area (Å²) in [7, 11) is 0. The standard InChI is InChI=1S/C19H19N5O3/c25-19(17-8-18(27-21-17)13-6-7-13)23-10-15(11-23)24-9-14(20-22-24)12-26-16-4-2-1-3-5-16/h1-5,8-9,13,15H,6-7,10-12H2. The van der Waals surface area contributed by atoms with Crippen molar-refractivity contribution in [3.05, 3.63) is 59.7 Å². The summed E-state index contributed by atoms with van der Waals surface area (Å²) in [6.07, 6.45) is 4.12. The lowest BCUT2D eigenvalue weighted by molar-refractivity contribution is 0.0488. The van der Waals surface area contributed by atoms with Crippen molar-refractivity contribution in [2.24, 2.45) is 0 Å². The molecule has 2 aromatic heterocycles. The molecule has 27 heavy (non-hydrogen) atoms. The molecule has 1 amide bonds. The van der Waals surface area contributed by atoms with Crippen molar-refractivity contribution in [3.8, 4) is 5.75 Å². The number of amides is 1. The van der Waals surface area contributed by atoms with Gasteiger partial charge in [-0.15, -0.1) is 5.10 Å². The number of rotatable bonds is 6. The molecular weight excluding hydrogens is 346 g/mol. The molecule has 0 bridgehead atoms. The highest BCUT2D eigenvalue weighted by Gasteiger charge is 2.36. The molecule has 138 valence electrons. The molecule has 1 saturated carbocycles. The van der Waals surface area contributed by atoms with Crippen LogP contribution in [0.15, 0.2) is 47.1 Å². The molecule has 0 N–H and O–H groups in total. The Morgan fingerprint density at radius 3 is 2.81 bits per heavy atom. The minimum atomic E-state index is -0.0883. The molecule has 0 spiro atoms. The molecular formula is C19H19N5O3. The first-order valence-electron chi connectivity index (χ1n) is 9.11. The van der Waals surface area contributed by atoms with E-state index in [1.165, 1.54) is 0 Å². The Balaban J connectivity index is 1.15. The van der Waals surface area contributed by atoms with Gasteiger partial charge in [0.15, 0.2) is 5.69 Å². The van der Waals surface area contributed by atoms with Gasteiger partial charge in [0.2, 0.25) is 0 Å². The molecule has 0 atom stereocenters. The van der Waals surface area contributed by atoms with Crippen LogP contribution in [0.5, 0.6) is 5.75 Å². The predicted octanol–water partition coefficient (Wildman–Crippen LogP) is 2.42. The highest BCUT2D eigenvalue weighted by atomic mass is 16.5. The van der Waals surface area contributed by atoms with Crippen molar-refractivity contribution < 1.29 is 14.1 Å². The van der Waals surface area contributed by atoms with Crippen LogP contribution in [0.4, 0.5) is 0 Å². The van der Waals surface area contributed by atoms with Crippen molar-refractivity contribution in [1.82, 2.24) is 25.1 Å². The van der Waals surface area contributed by atoms with Gasteiger partial charge in [-0.1, -0.05) is 28.6 Å². The van der Waals surface area contributed by atoms with Gasteiger partial charge in [-0.05, 0) is 25.0 Å². The number of hydrogen-bond donors (Lipinski definition) is 0. The maximum absolute atomic E-state index is 12.5. The van der Waals surface area contributed by atoms with Crippen LogP contribution < -0.4 is 4.74 Å². The van der Waals surface area contributed by atoms with E-state index >= 15 is 0 Å². The highest BCUT2D eigenvalue weighted by molar-refractivity contribution is 5.92.